The zero-order valence-electron chi connectivity index (χ0n) is 15.3. The summed E-state index contributed by atoms with van der Waals surface area (Å²) in [4.78, 5) is 9.76. The third-order valence-electron chi connectivity index (χ3n) is 4.27. The number of thiazole rings is 1. The second kappa shape index (κ2) is 9.06. The van der Waals surface area contributed by atoms with Gasteiger partial charge in [0.05, 0.1) is 11.9 Å². The predicted molar refractivity (Wildman–Crippen MR) is 116 cm³/mol. The van der Waals surface area contributed by atoms with Crippen LogP contribution >= 0.6 is 11.3 Å². The highest BCUT2D eigenvalue weighted by atomic mass is 32.1. The van der Waals surface area contributed by atoms with Gasteiger partial charge in [0.2, 0.25) is 4.80 Å². The maximum absolute atomic E-state index is 4.82. The van der Waals surface area contributed by atoms with Gasteiger partial charge in [0.15, 0.2) is 0 Å². The Morgan fingerprint density at radius 1 is 0.893 bits per heavy atom. The van der Waals surface area contributed by atoms with Gasteiger partial charge in [-0.05, 0) is 29.7 Å². The van der Waals surface area contributed by atoms with Crippen molar-refractivity contribution in [3.63, 3.8) is 0 Å². The Morgan fingerprint density at radius 3 is 2.36 bits per heavy atom. The topological polar surface area (TPSA) is 42.5 Å². The van der Waals surface area contributed by atoms with Gasteiger partial charge in [-0.1, -0.05) is 60.7 Å². The minimum absolute atomic E-state index is 0.726. The molecule has 5 heteroatoms. The van der Waals surface area contributed by atoms with Crippen LogP contribution < -0.4 is 4.80 Å². The molecule has 0 aliphatic carbocycles. The first-order valence-electron chi connectivity index (χ1n) is 9.15. The molecule has 0 aliphatic heterocycles. The summed E-state index contributed by atoms with van der Waals surface area (Å²) >= 11 is 1.61. The Balaban J connectivity index is 1.66. The lowest BCUT2D eigenvalue weighted by atomic mass is 10.2. The highest BCUT2D eigenvalue weighted by Crippen LogP contribution is 2.19. The first kappa shape index (κ1) is 18.1. The van der Waals surface area contributed by atoms with Gasteiger partial charge in [-0.15, -0.1) is 11.3 Å². The predicted octanol–water partition coefficient (Wildman–Crippen LogP) is 4.64. The van der Waals surface area contributed by atoms with E-state index in [1.54, 1.807) is 23.7 Å². The molecule has 138 valence electrons. The molecule has 4 aromatic rings. The van der Waals surface area contributed by atoms with Crippen molar-refractivity contribution in [1.82, 2.24) is 9.66 Å². The molecular weight excluding hydrogens is 364 g/mol. The summed E-state index contributed by atoms with van der Waals surface area (Å²) in [6.45, 7) is 0.726. The molecule has 4 nitrogen and oxygen atoms in total. The van der Waals surface area contributed by atoms with E-state index < -0.39 is 0 Å². The smallest absolute Gasteiger partial charge is 0.206 e. The first-order chi connectivity index (χ1) is 13.9. The van der Waals surface area contributed by atoms with Crippen molar-refractivity contribution < 1.29 is 0 Å². The molecule has 0 bridgehead atoms. The maximum Gasteiger partial charge on any atom is 0.206 e. The minimum atomic E-state index is 0.726. The average molecular weight is 385 g/mol. The van der Waals surface area contributed by atoms with Crippen LogP contribution in [0, 0.1) is 0 Å². The van der Waals surface area contributed by atoms with Crippen LogP contribution in [-0.2, 0) is 6.42 Å². The molecule has 0 fully saturated rings. The van der Waals surface area contributed by atoms with Crippen molar-refractivity contribution in [3.8, 4) is 11.3 Å². The van der Waals surface area contributed by atoms with Gasteiger partial charge in [-0.3, -0.25) is 9.98 Å². The van der Waals surface area contributed by atoms with Crippen LogP contribution in [0.4, 0.5) is 0 Å². The summed E-state index contributed by atoms with van der Waals surface area (Å²) in [5.74, 6) is 0. The van der Waals surface area contributed by atoms with Crippen molar-refractivity contribution in [2.75, 3.05) is 6.54 Å². The van der Waals surface area contributed by atoms with Gasteiger partial charge in [-0.25, -0.2) is 4.68 Å². The van der Waals surface area contributed by atoms with E-state index in [9.17, 15) is 0 Å². The Kier molecular flexibility index (Phi) is 5.85. The highest BCUT2D eigenvalue weighted by Gasteiger charge is 2.06. The summed E-state index contributed by atoms with van der Waals surface area (Å²) < 4.78 is 1.92. The van der Waals surface area contributed by atoms with Crippen molar-refractivity contribution >= 4 is 17.6 Å². The van der Waals surface area contributed by atoms with Crippen LogP contribution in [0.1, 0.15) is 11.1 Å². The molecule has 0 unspecified atom stereocenters. The van der Waals surface area contributed by atoms with Crippen molar-refractivity contribution in [3.05, 3.63) is 106 Å². The summed E-state index contributed by atoms with van der Waals surface area (Å²) in [7, 11) is 0. The highest BCUT2D eigenvalue weighted by molar-refractivity contribution is 7.07. The van der Waals surface area contributed by atoms with Gasteiger partial charge < -0.3 is 0 Å². The molecule has 0 atom stereocenters. The van der Waals surface area contributed by atoms with E-state index in [-0.39, 0.29) is 0 Å². The average Bonchev–Trinajstić information content (AvgIpc) is 3.17. The summed E-state index contributed by atoms with van der Waals surface area (Å²) in [6.07, 6.45) is 6.29. The molecule has 0 saturated heterocycles. The van der Waals surface area contributed by atoms with E-state index in [1.807, 2.05) is 47.3 Å². The Labute approximate surface area is 168 Å². The molecule has 0 saturated carbocycles. The molecule has 2 heterocycles. The van der Waals surface area contributed by atoms with Gasteiger partial charge in [0.25, 0.3) is 0 Å². The fourth-order valence-electron chi connectivity index (χ4n) is 2.83. The number of hydrogen-bond donors (Lipinski definition) is 0. The fourth-order valence-corrected chi connectivity index (χ4v) is 3.69. The molecule has 4 rings (SSSR count). The second-order valence-corrected chi connectivity index (χ2v) is 7.06. The molecule has 28 heavy (non-hydrogen) atoms. The molecule has 2 aromatic heterocycles. The van der Waals surface area contributed by atoms with Gasteiger partial charge in [0.1, 0.15) is 0 Å². The third-order valence-corrected chi connectivity index (χ3v) is 5.13. The zero-order chi connectivity index (χ0) is 19.0. The SMILES string of the molecule is C(=Nn1c(-c2ccccc2)csc1=NCCc1ccccc1)c1ccncc1. The van der Waals surface area contributed by atoms with E-state index in [4.69, 9.17) is 10.1 Å². The summed E-state index contributed by atoms with van der Waals surface area (Å²) in [5.41, 5.74) is 4.45. The molecule has 0 radical (unpaired) electrons. The lowest BCUT2D eigenvalue weighted by Gasteiger charge is -2.03. The monoisotopic (exact) mass is 384 g/mol. The van der Waals surface area contributed by atoms with Crippen LogP contribution in [0.15, 0.2) is 101 Å². The summed E-state index contributed by atoms with van der Waals surface area (Å²) in [6, 6.07) is 24.6. The Hall–Kier alpha value is -3.31. The van der Waals surface area contributed by atoms with Gasteiger partial charge in [-0.2, -0.15) is 5.10 Å². The minimum Gasteiger partial charge on any atom is -0.265 e. The first-order valence-corrected chi connectivity index (χ1v) is 10.0. The number of pyridine rings is 1. The number of aromatic nitrogens is 2. The van der Waals surface area contributed by atoms with Crippen molar-refractivity contribution in [2.24, 2.45) is 10.1 Å². The quantitative estimate of drug-likeness (QED) is 0.447. The van der Waals surface area contributed by atoms with E-state index in [2.05, 4.69) is 46.8 Å². The number of nitrogens with zero attached hydrogens (tertiary/aromatic N) is 4. The van der Waals surface area contributed by atoms with Crippen LogP contribution in [0.25, 0.3) is 11.3 Å². The molecular formula is C23H20N4S. The molecule has 2 aromatic carbocycles. The molecule has 0 amide bonds. The van der Waals surface area contributed by atoms with Crippen LogP contribution in [0.2, 0.25) is 0 Å². The van der Waals surface area contributed by atoms with Gasteiger partial charge in [0, 0.05) is 29.9 Å². The normalized spacial score (nSPS) is 11.9. The second-order valence-electron chi connectivity index (χ2n) is 6.22. The van der Waals surface area contributed by atoms with E-state index >= 15 is 0 Å². The fraction of sp³-hybridized carbons (Fsp3) is 0.0870. The van der Waals surface area contributed by atoms with Crippen LogP contribution in [0.3, 0.4) is 0 Å². The molecule has 0 aliphatic rings. The molecule has 0 spiro atoms. The molecule has 0 N–H and O–H groups in total. The standard InChI is InChI=1S/C23H20N4S/c1-3-7-19(8-4-1)13-16-25-23-27(26-17-20-11-14-24-15-12-20)22(18-28-23)21-9-5-2-6-10-21/h1-12,14-15,17-18H,13,16H2. The van der Waals surface area contributed by atoms with E-state index in [0.29, 0.717) is 0 Å². The van der Waals surface area contributed by atoms with Gasteiger partial charge >= 0.3 is 0 Å². The number of hydrogen-bond acceptors (Lipinski definition) is 4. The van der Waals surface area contributed by atoms with E-state index in [1.165, 1.54) is 5.56 Å². The lowest BCUT2D eigenvalue weighted by Crippen LogP contribution is -2.13. The van der Waals surface area contributed by atoms with Crippen LogP contribution in [-0.4, -0.2) is 22.4 Å². The van der Waals surface area contributed by atoms with E-state index in [0.717, 1.165) is 34.6 Å². The largest absolute Gasteiger partial charge is 0.265 e. The number of benzene rings is 2. The zero-order valence-corrected chi connectivity index (χ0v) is 16.2. The summed E-state index contributed by atoms with van der Waals surface area (Å²) in [5, 5.41) is 6.83. The Bertz CT molecular complexity index is 1100. The van der Waals surface area contributed by atoms with Crippen molar-refractivity contribution in [1.29, 1.82) is 0 Å². The van der Waals surface area contributed by atoms with Crippen molar-refractivity contribution in [2.45, 2.75) is 6.42 Å². The number of rotatable bonds is 6. The third kappa shape index (κ3) is 4.50. The Morgan fingerprint density at radius 2 is 1.61 bits per heavy atom. The van der Waals surface area contributed by atoms with Crippen LogP contribution in [0.5, 0.6) is 0 Å². The maximum atomic E-state index is 4.82. The lowest BCUT2D eigenvalue weighted by molar-refractivity contribution is 0.816.